The molecule has 0 aromatic carbocycles. The Bertz CT molecular complexity index is 751. The molecule has 3 aromatic heterocycles. The van der Waals surface area contributed by atoms with Gasteiger partial charge in [-0.15, -0.1) is 0 Å². The summed E-state index contributed by atoms with van der Waals surface area (Å²) in [6, 6.07) is 7.55. The maximum absolute atomic E-state index is 5.94. The fourth-order valence-corrected chi connectivity index (χ4v) is 2.09. The van der Waals surface area contributed by atoms with E-state index in [0.717, 1.165) is 34.9 Å². The quantitative estimate of drug-likeness (QED) is 0.736. The van der Waals surface area contributed by atoms with Gasteiger partial charge in [-0.3, -0.25) is 14.6 Å². The van der Waals surface area contributed by atoms with Gasteiger partial charge in [-0.05, 0) is 24.6 Å². The van der Waals surface area contributed by atoms with Crippen LogP contribution in [0.1, 0.15) is 12.6 Å². The Hall–Kier alpha value is -2.69. The average molecular weight is 280 g/mol. The molecule has 106 valence electrons. The molecule has 3 aromatic rings. The SMILES string of the molecule is CCc1ncccc1Oc1ccnc(-c2cnn(C)c2)c1. The molecule has 5 nitrogen and oxygen atoms in total. The maximum atomic E-state index is 5.94. The van der Waals surface area contributed by atoms with Crippen molar-refractivity contribution in [2.45, 2.75) is 13.3 Å². The van der Waals surface area contributed by atoms with Crippen LogP contribution in [0.2, 0.25) is 0 Å². The lowest BCUT2D eigenvalue weighted by Crippen LogP contribution is -1.93. The van der Waals surface area contributed by atoms with Crippen LogP contribution in [0.5, 0.6) is 11.5 Å². The highest BCUT2D eigenvalue weighted by molar-refractivity contribution is 5.58. The van der Waals surface area contributed by atoms with Crippen LogP contribution in [0.4, 0.5) is 0 Å². The first kappa shape index (κ1) is 13.3. The third-order valence-electron chi connectivity index (χ3n) is 3.14. The highest BCUT2D eigenvalue weighted by atomic mass is 16.5. The molecule has 0 bridgehead atoms. The molecular weight excluding hydrogens is 264 g/mol. The number of nitrogens with zero attached hydrogens (tertiary/aromatic N) is 4. The summed E-state index contributed by atoms with van der Waals surface area (Å²) in [5, 5.41) is 4.16. The van der Waals surface area contributed by atoms with E-state index in [9.17, 15) is 0 Å². The second-order valence-corrected chi connectivity index (χ2v) is 4.68. The van der Waals surface area contributed by atoms with Crippen LogP contribution >= 0.6 is 0 Å². The summed E-state index contributed by atoms with van der Waals surface area (Å²) < 4.78 is 7.69. The molecule has 5 heteroatoms. The maximum Gasteiger partial charge on any atom is 0.148 e. The standard InChI is InChI=1S/C16H16N4O/c1-3-14-16(5-4-7-17-14)21-13-6-8-18-15(9-13)12-10-19-20(2)11-12/h4-11H,3H2,1-2H3. The number of hydrogen-bond acceptors (Lipinski definition) is 4. The molecule has 0 fully saturated rings. The lowest BCUT2D eigenvalue weighted by Gasteiger charge is -2.09. The van der Waals surface area contributed by atoms with Crippen LogP contribution in [-0.2, 0) is 13.5 Å². The zero-order valence-corrected chi connectivity index (χ0v) is 12.0. The molecule has 0 saturated carbocycles. The predicted octanol–water partition coefficient (Wildman–Crippen LogP) is 3.23. The third-order valence-corrected chi connectivity index (χ3v) is 3.14. The third kappa shape index (κ3) is 2.91. The van der Waals surface area contributed by atoms with Crippen molar-refractivity contribution in [1.82, 2.24) is 19.7 Å². The van der Waals surface area contributed by atoms with Gasteiger partial charge in [0.2, 0.25) is 0 Å². The smallest absolute Gasteiger partial charge is 0.148 e. The zero-order valence-electron chi connectivity index (χ0n) is 12.0. The molecule has 0 spiro atoms. The van der Waals surface area contributed by atoms with Crippen LogP contribution < -0.4 is 4.74 Å². The molecule has 21 heavy (non-hydrogen) atoms. The van der Waals surface area contributed by atoms with Gasteiger partial charge in [0.1, 0.15) is 11.5 Å². The molecule has 0 atom stereocenters. The Morgan fingerprint density at radius 2 is 2.10 bits per heavy atom. The minimum Gasteiger partial charge on any atom is -0.455 e. The fourth-order valence-electron chi connectivity index (χ4n) is 2.09. The van der Waals surface area contributed by atoms with Crippen molar-refractivity contribution in [1.29, 1.82) is 0 Å². The van der Waals surface area contributed by atoms with Crippen LogP contribution in [0.25, 0.3) is 11.3 Å². The summed E-state index contributed by atoms with van der Waals surface area (Å²) in [6.07, 6.45) is 8.05. The lowest BCUT2D eigenvalue weighted by atomic mass is 10.2. The molecule has 3 rings (SSSR count). The van der Waals surface area contributed by atoms with Crippen molar-refractivity contribution in [3.63, 3.8) is 0 Å². The number of hydrogen-bond donors (Lipinski definition) is 0. The van der Waals surface area contributed by atoms with Crippen molar-refractivity contribution in [3.05, 3.63) is 54.7 Å². The van der Waals surface area contributed by atoms with E-state index in [1.165, 1.54) is 0 Å². The Kier molecular flexibility index (Phi) is 3.64. The molecule has 0 saturated heterocycles. The summed E-state index contributed by atoms with van der Waals surface area (Å²) >= 11 is 0. The minimum absolute atomic E-state index is 0.742. The molecule has 0 radical (unpaired) electrons. The number of ether oxygens (including phenoxy) is 1. The molecular formula is C16H16N4O. The Labute approximate surface area is 123 Å². The van der Waals surface area contributed by atoms with Gasteiger partial charge in [0.25, 0.3) is 0 Å². The van der Waals surface area contributed by atoms with Gasteiger partial charge in [-0.1, -0.05) is 6.92 Å². The van der Waals surface area contributed by atoms with Crippen LogP contribution in [0, 0.1) is 0 Å². The van der Waals surface area contributed by atoms with E-state index < -0.39 is 0 Å². The van der Waals surface area contributed by atoms with Crippen molar-refractivity contribution in [2.75, 3.05) is 0 Å². The zero-order chi connectivity index (χ0) is 14.7. The Balaban J connectivity index is 1.90. The highest BCUT2D eigenvalue weighted by Crippen LogP contribution is 2.27. The number of aromatic nitrogens is 4. The first-order valence-electron chi connectivity index (χ1n) is 6.83. The summed E-state index contributed by atoms with van der Waals surface area (Å²) in [5.41, 5.74) is 2.74. The molecule has 0 aliphatic rings. The first-order chi connectivity index (χ1) is 10.3. The molecule has 0 aliphatic carbocycles. The normalized spacial score (nSPS) is 10.6. The first-order valence-corrected chi connectivity index (χ1v) is 6.83. The molecule has 0 amide bonds. The van der Waals surface area contributed by atoms with Gasteiger partial charge in [0.05, 0.1) is 17.6 Å². The van der Waals surface area contributed by atoms with Crippen molar-refractivity contribution in [2.24, 2.45) is 7.05 Å². The molecule has 0 N–H and O–H groups in total. The van der Waals surface area contributed by atoms with Gasteiger partial charge < -0.3 is 4.74 Å². The number of pyridine rings is 2. The van der Waals surface area contributed by atoms with E-state index in [1.54, 1.807) is 23.3 Å². The van der Waals surface area contributed by atoms with Crippen molar-refractivity contribution < 1.29 is 4.74 Å². The monoisotopic (exact) mass is 280 g/mol. The second-order valence-electron chi connectivity index (χ2n) is 4.68. The summed E-state index contributed by atoms with van der Waals surface area (Å²) in [6.45, 7) is 2.06. The molecule has 3 heterocycles. The van der Waals surface area contributed by atoms with Crippen molar-refractivity contribution in [3.8, 4) is 22.8 Å². The van der Waals surface area contributed by atoms with Gasteiger partial charge in [0, 0.05) is 37.3 Å². The van der Waals surface area contributed by atoms with E-state index in [-0.39, 0.29) is 0 Å². The summed E-state index contributed by atoms with van der Waals surface area (Å²) in [4.78, 5) is 8.68. The topological polar surface area (TPSA) is 52.8 Å². The Morgan fingerprint density at radius 1 is 1.19 bits per heavy atom. The van der Waals surface area contributed by atoms with Crippen molar-refractivity contribution >= 4 is 0 Å². The largest absolute Gasteiger partial charge is 0.455 e. The second kappa shape index (κ2) is 5.75. The van der Waals surface area contributed by atoms with E-state index >= 15 is 0 Å². The molecule has 0 unspecified atom stereocenters. The van der Waals surface area contributed by atoms with E-state index in [1.807, 2.05) is 37.5 Å². The van der Waals surface area contributed by atoms with E-state index in [2.05, 4.69) is 22.0 Å². The van der Waals surface area contributed by atoms with Gasteiger partial charge in [0.15, 0.2) is 0 Å². The number of rotatable bonds is 4. The number of aryl methyl sites for hydroxylation is 2. The van der Waals surface area contributed by atoms with E-state index in [4.69, 9.17) is 4.74 Å². The lowest BCUT2D eigenvalue weighted by molar-refractivity contribution is 0.473. The average Bonchev–Trinajstić information content (AvgIpc) is 2.95. The predicted molar refractivity (Wildman–Crippen MR) is 80.1 cm³/mol. The summed E-state index contributed by atoms with van der Waals surface area (Å²) in [5.74, 6) is 1.52. The molecule has 0 aliphatic heterocycles. The summed E-state index contributed by atoms with van der Waals surface area (Å²) in [7, 11) is 1.88. The highest BCUT2D eigenvalue weighted by Gasteiger charge is 2.07. The minimum atomic E-state index is 0.742. The van der Waals surface area contributed by atoms with Gasteiger partial charge in [-0.2, -0.15) is 5.10 Å². The fraction of sp³-hybridized carbons (Fsp3) is 0.188. The van der Waals surface area contributed by atoms with Crippen LogP contribution in [-0.4, -0.2) is 19.7 Å². The van der Waals surface area contributed by atoms with Gasteiger partial charge >= 0.3 is 0 Å². The van der Waals surface area contributed by atoms with Gasteiger partial charge in [-0.25, -0.2) is 0 Å². The van der Waals surface area contributed by atoms with E-state index in [0.29, 0.717) is 0 Å². The van der Waals surface area contributed by atoms with Crippen LogP contribution in [0.15, 0.2) is 49.1 Å². The Morgan fingerprint density at radius 3 is 2.86 bits per heavy atom. The van der Waals surface area contributed by atoms with Crippen LogP contribution in [0.3, 0.4) is 0 Å².